The molecule has 0 radical (unpaired) electrons. The maximum absolute atomic E-state index is 12.3. The molecule has 1 aliphatic carbocycles. The first-order valence-electron chi connectivity index (χ1n) is 7.08. The summed E-state index contributed by atoms with van der Waals surface area (Å²) in [5.41, 5.74) is 4.02. The molecule has 106 valence electrons. The van der Waals surface area contributed by atoms with Gasteiger partial charge >= 0.3 is 0 Å². The second kappa shape index (κ2) is 4.93. The van der Waals surface area contributed by atoms with E-state index in [4.69, 9.17) is 4.74 Å². The van der Waals surface area contributed by atoms with Gasteiger partial charge in [-0.05, 0) is 24.0 Å². The van der Waals surface area contributed by atoms with Gasteiger partial charge < -0.3 is 10.2 Å². The van der Waals surface area contributed by atoms with Crippen molar-refractivity contribution < 1.29 is 9.53 Å². The number of carbonyl (C=O) groups is 1. The van der Waals surface area contributed by atoms with Gasteiger partial charge in [0.05, 0.1) is 17.7 Å². The van der Waals surface area contributed by atoms with Crippen LogP contribution in [0.2, 0.25) is 0 Å². The first kappa shape index (κ1) is 13.2. The summed E-state index contributed by atoms with van der Waals surface area (Å²) in [6.45, 7) is 4.66. The van der Waals surface area contributed by atoms with E-state index < -0.39 is 0 Å². The standard InChI is InChI=1S/C16H20N2O2/c1-16(2)8-12-15(14(19)9-16)13(18-17-12)10-20-11-6-4-3-5-7-11/h3-7,12,15,17H,8-10H2,1-2H3/t12-,15+/m0/s1. The molecular weight excluding hydrogens is 252 g/mol. The van der Waals surface area contributed by atoms with Crippen LogP contribution < -0.4 is 10.2 Å². The Morgan fingerprint density at radius 3 is 2.85 bits per heavy atom. The minimum Gasteiger partial charge on any atom is -0.488 e. The van der Waals surface area contributed by atoms with E-state index >= 15 is 0 Å². The summed E-state index contributed by atoms with van der Waals surface area (Å²) < 4.78 is 5.72. The van der Waals surface area contributed by atoms with Gasteiger partial charge in [0.2, 0.25) is 0 Å². The fourth-order valence-electron chi connectivity index (χ4n) is 3.16. The van der Waals surface area contributed by atoms with Crippen molar-refractivity contribution in [1.29, 1.82) is 0 Å². The van der Waals surface area contributed by atoms with Crippen molar-refractivity contribution in [1.82, 2.24) is 5.43 Å². The third-order valence-corrected chi connectivity index (χ3v) is 4.04. The van der Waals surface area contributed by atoms with Crippen molar-refractivity contribution >= 4 is 11.5 Å². The Bertz CT molecular complexity index is 537. The molecule has 4 heteroatoms. The van der Waals surface area contributed by atoms with Crippen LogP contribution in [0.25, 0.3) is 0 Å². The topological polar surface area (TPSA) is 50.7 Å². The van der Waals surface area contributed by atoms with Crippen LogP contribution >= 0.6 is 0 Å². The smallest absolute Gasteiger partial charge is 0.144 e. The van der Waals surface area contributed by atoms with Crippen molar-refractivity contribution in [3.63, 3.8) is 0 Å². The lowest BCUT2D eigenvalue weighted by atomic mass is 9.69. The highest BCUT2D eigenvalue weighted by Crippen LogP contribution is 2.38. The summed E-state index contributed by atoms with van der Waals surface area (Å²) >= 11 is 0. The first-order chi connectivity index (χ1) is 9.55. The Morgan fingerprint density at radius 1 is 1.35 bits per heavy atom. The largest absolute Gasteiger partial charge is 0.488 e. The lowest BCUT2D eigenvalue weighted by Gasteiger charge is -2.36. The fourth-order valence-corrected chi connectivity index (χ4v) is 3.16. The second-order valence-corrected chi connectivity index (χ2v) is 6.43. The SMILES string of the molecule is CC1(C)CC(=O)[C@H]2C(COc3ccccc3)=NN[C@H]2C1. The minimum absolute atomic E-state index is 0.0660. The molecule has 1 aromatic carbocycles. The summed E-state index contributed by atoms with van der Waals surface area (Å²) in [6.07, 6.45) is 1.60. The predicted molar refractivity (Wildman–Crippen MR) is 77.8 cm³/mol. The van der Waals surface area contributed by atoms with Crippen LogP contribution in [0.3, 0.4) is 0 Å². The summed E-state index contributed by atoms with van der Waals surface area (Å²) in [7, 11) is 0. The van der Waals surface area contributed by atoms with Crippen LogP contribution in [0.5, 0.6) is 5.75 Å². The molecule has 1 heterocycles. The molecule has 1 saturated carbocycles. The molecular formula is C16H20N2O2. The van der Waals surface area contributed by atoms with Gasteiger partial charge in [-0.3, -0.25) is 4.79 Å². The lowest BCUT2D eigenvalue weighted by molar-refractivity contribution is -0.126. The van der Waals surface area contributed by atoms with Crippen LogP contribution in [0.4, 0.5) is 0 Å². The number of fused-ring (bicyclic) bond motifs is 1. The molecule has 1 aromatic rings. The number of hydrazone groups is 1. The van der Waals surface area contributed by atoms with Crippen LogP contribution in [-0.2, 0) is 4.79 Å². The molecule has 20 heavy (non-hydrogen) atoms. The molecule has 0 saturated heterocycles. The molecule has 0 aromatic heterocycles. The average Bonchev–Trinajstić information content (AvgIpc) is 2.79. The number of nitrogens with one attached hydrogen (secondary N) is 1. The number of benzene rings is 1. The zero-order valence-corrected chi connectivity index (χ0v) is 11.9. The zero-order valence-electron chi connectivity index (χ0n) is 11.9. The van der Waals surface area contributed by atoms with Gasteiger partial charge in [0.1, 0.15) is 18.1 Å². The second-order valence-electron chi connectivity index (χ2n) is 6.43. The Kier molecular flexibility index (Phi) is 3.24. The maximum atomic E-state index is 12.3. The van der Waals surface area contributed by atoms with E-state index in [-0.39, 0.29) is 23.2 Å². The van der Waals surface area contributed by atoms with Crippen LogP contribution in [0.15, 0.2) is 35.4 Å². The molecule has 0 spiro atoms. The maximum Gasteiger partial charge on any atom is 0.144 e. The molecule has 0 unspecified atom stereocenters. The van der Waals surface area contributed by atoms with E-state index in [9.17, 15) is 4.79 Å². The Morgan fingerprint density at radius 2 is 2.10 bits per heavy atom. The number of rotatable bonds is 3. The van der Waals surface area contributed by atoms with Crippen molar-refractivity contribution in [3.8, 4) is 5.75 Å². The van der Waals surface area contributed by atoms with E-state index in [1.165, 1.54) is 0 Å². The number of Topliss-reactive ketones (excluding diaryl/α,β-unsaturated/α-hetero) is 1. The summed E-state index contributed by atoms with van der Waals surface area (Å²) in [6, 6.07) is 9.77. The van der Waals surface area contributed by atoms with Crippen molar-refractivity contribution in [3.05, 3.63) is 30.3 Å². The zero-order chi connectivity index (χ0) is 14.2. The number of para-hydroxylation sites is 1. The van der Waals surface area contributed by atoms with Crippen LogP contribution in [0.1, 0.15) is 26.7 Å². The number of nitrogens with zero attached hydrogens (tertiary/aromatic N) is 1. The number of hydrogen-bond donors (Lipinski definition) is 1. The highest BCUT2D eigenvalue weighted by Gasteiger charge is 2.45. The number of ether oxygens (including phenoxy) is 1. The molecule has 1 aliphatic heterocycles. The highest BCUT2D eigenvalue weighted by molar-refractivity contribution is 6.08. The number of ketones is 1. The molecule has 4 nitrogen and oxygen atoms in total. The number of carbonyl (C=O) groups excluding carboxylic acids is 1. The Balaban J connectivity index is 1.66. The minimum atomic E-state index is -0.105. The normalized spacial score (nSPS) is 27.5. The summed E-state index contributed by atoms with van der Waals surface area (Å²) in [5, 5.41) is 4.33. The number of hydrogen-bond acceptors (Lipinski definition) is 4. The Hall–Kier alpha value is -1.84. The quantitative estimate of drug-likeness (QED) is 0.919. The van der Waals surface area contributed by atoms with E-state index in [0.29, 0.717) is 13.0 Å². The van der Waals surface area contributed by atoms with Gasteiger partial charge in [-0.15, -0.1) is 0 Å². The third kappa shape index (κ3) is 2.55. The van der Waals surface area contributed by atoms with E-state index in [1.807, 2.05) is 30.3 Å². The third-order valence-electron chi connectivity index (χ3n) is 4.04. The van der Waals surface area contributed by atoms with Gasteiger partial charge in [0.25, 0.3) is 0 Å². The van der Waals surface area contributed by atoms with Gasteiger partial charge in [-0.25, -0.2) is 0 Å². The van der Waals surface area contributed by atoms with Gasteiger partial charge in [0, 0.05) is 6.42 Å². The molecule has 2 aliphatic rings. The first-order valence-corrected chi connectivity index (χ1v) is 7.08. The van der Waals surface area contributed by atoms with Crippen LogP contribution in [-0.4, -0.2) is 24.1 Å². The van der Waals surface area contributed by atoms with Crippen molar-refractivity contribution in [2.45, 2.75) is 32.7 Å². The predicted octanol–water partition coefficient (Wildman–Crippen LogP) is 2.40. The molecule has 1 fully saturated rings. The molecule has 2 atom stereocenters. The fraction of sp³-hybridized carbons (Fsp3) is 0.500. The van der Waals surface area contributed by atoms with Gasteiger partial charge in [-0.1, -0.05) is 32.0 Å². The van der Waals surface area contributed by atoms with Crippen molar-refractivity contribution in [2.75, 3.05) is 6.61 Å². The van der Waals surface area contributed by atoms with Gasteiger partial charge in [0.15, 0.2) is 0 Å². The molecule has 3 rings (SSSR count). The summed E-state index contributed by atoms with van der Waals surface area (Å²) in [4.78, 5) is 12.3. The molecule has 0 bridgehead atoms. The Labute approximate surface area is 119 Å². The van der Waals surface area contributed by atoms with E-state index in [0.717, 1.165) is 17.9 Å². The van der Waals surface area contributed by atoms with Gasteiger partial charge in [-0.2, -0.15) is 5.10 Å². The highest BCUT2D eigenvalue weighted by atomic mass is 16.5. The van der Waals surface area contributed by atoms with E-state index in [1.54, 1.807) is 0 Å². The molecule has 1 N–H and O–H groups in total. The van der Waals surface area contributed by atoms with Crippen molar-refractivity contribution in [2.24, 2.45) is 16.4 Å². The van der Waals surface area contributed by atoms with E-state index in [2.05, 4.69) is 24.4 Å². The van der Waals surface area contributed by atoms with Crippen LogP contribution in [0, 0.1) is 11.3 Å². The monoisotopic (exact) mass is 272 g/mol. The summed E-state index contributed by atoms with van der Waals surface area (Å²) in [5.74, 6) is 0.987. The molecule has 0 amide bonds. The lowest BCUT2D eigenvalue weighted by Crippen LogP contribution is -2.46. The average molecular weight is 272 g/mol.